The molecule has 0 fully saturated rings. The van der Waals surface area contributed by atoms with Gasteiger partial charge >= 0.3 is 21.8 Å². The summed E-state index contributed by atoms with van der Waals surface area (Å²) in [6, 6.07) is 0. The Kier molecular flexibility index (Phi) is 3.88. The van der Waals surface area contributed by atoms with E-state index in [0.29, 0.717) is 0 Å². The molecule has 4 nitrogen and oxygen atoms in total. The Morgan fingerprint density at radius 1 is 1.11 bits per heavy atom. The van der Waals surface area contributed by atoms with Crippen LogP contribution < -0.4 is 0 Å². The van der Waals surface area contributed by atoms with Crippen LogP contribution in [0.25, 0.3) is 5.32 Å². The van der Waals surface area contributed by atoms with Crippen molar-refractivity contribution in [3.05, 3.63) is 17.5 Å². The molecule has 0 aromatic heterocycles. The predicted octanol–water partition coefficient (Wildman–Crippen LogP) is -0.138. The molecule has 0 aromatic carbocycles. The second-order valence-corrected chi connectivity index (χ2v) is 1.12. The fraction of sp³-hybridized carbons (Fsp3) is 0. The van der Waals surface area contributed by atoms with E-state index in [1.54, 1.807) is 0 Å². The van der Waals surface area contributed by atoms with Crippen molar-refractivity contribution >= 4 is 11.8 Å². The second-order valence-electron chi connectivity index (χ2n) is 1.12. The molecule has 1 aliphatic rings. The number of nitrogens with zero attached hydrogens (tertiary/aromatic N) is 1. The van der Waals surface area contributed by atoms with Gasteiger partial charge in [-0.1, -0.05) is 0 Å². The zero-order valence-corrected chi connectivity index (χ0v) is 7.50. The average molecular weight is 177 g/mol. The van der Waals surface area contributed by atoms with Crippen molar-refractivity contribution in [2.75, 3.05) is 0 Å². The Morgan fingerprint density at radius 3 is 1.56 bits per heavy atom. The Labute approximate surface area is 61.2 Å². The molecule has 0 saturated heterocycles. The fourth-order valence-corrected chi connectivity index (χ4v) is 0.326. The molecular weight excluding hydrogens is 175 g/mol. The third kappa shape index (κ3) is 2.98. The summed E-state index contributed by atoms with van der Waals surface area (Å²) in [5, 5.41) is 3.00. The summed E-state index contributed by atoms with van der Waals surface area (Å²) in [7, 11) is 0. The van der Waals surface area contributed by atoms with Gasteiger partial charge in [-0.3, -0.25) is 0 Å². The van der Waals surface area contributed by atoms with E-state index >= 15 is 0 Å². The third-order valence-corrected chi connectivity index (χ3v) is 0.589. The van der Waals surface area contributed by atoms with Gasteiger partial charge in [0.25, 0.3) is 0 Å². The van der Waals surface area contributed by atoms with Crippen LogP contribution in [-0.2, 0) is 31.4 Å². The van der Waals surface area contributed by atoms with Crippen LogP contribution in [0, 0.1) is 0 Å². The van der Waals surface area contributed by atoms with Gasteiger partial charge in [-0.2, -0.15) is 0 Å². The number of hydrogen-bond acceptors (Lipinski definition) is 3. The van der Waals surface area contributed by atoms with Gasteiger partial charge in [-0.15, -0.1) is 0 Å². The van der Waals surface area contributed by atoms with Crippen molar-refractivity contribution < 1.29 is 31.4 Å². The zero-order chi connectivity index (χ0) is 7.28. The van der Waals surface area contributed by atoms with Crippen LogP contribution in [0.2, 0.25) is 0 Å². The van der Waals surface area contributed by atoms with Gasteiger partial charge in [0.2, 0.25) is 0 Å². The molecule has 0 aromatic rings. The van der Waals surface area contributed by atoms with E-state index in [1.807, 2.05) is 0 Å². The van der Waals surface area contributed by atoms with Crippen molar-refractivity contribution in [3.8, 4) is 0 Å². The van der Waals surface area contributed by atoms with Gasteiger partial charge in [-0.05, 0) is 12.2 Å². The molecule has 2 amide bonds. The third-order valence-electron chi connectivity index (χ3n) is 0.589. The van der Waals surface area contributed by atoms with E-state index in [0.717, 1.165) is 12.2 Å². The average Bonchev–Trinajstić information content (AvgIpc) is 2.20. The molecule has 0 bridgehead atoms. The van der Waals surface area contributed by atoms with Gasteiger partial charge in [0.05, 0.1) is 11.8 Å². The molecule has 0 spiro atoms. The first-order chi connectivity index (χ1) is 4.29. The molecule has 0 unspecified atom stereocenters. The van der Waals surface area contributed by atoms with Crippen molar-refractivity contribution in [1.82, 2.24) is 0 Å². The van der Waals surface area contributed by atoms with E-state index in [2.05, 4.69) is 5.32 Å². The van der Waals surface area contributed by atoms with Crippen LogP contribution in [0.15, 0.2) is 12.2 Å². The second kappa shape index (κ2) is 4.21. The van der Waals surface area contributed by atoms with Gasteiger partial charge in [0.1, 0.15) is 0 Å². The summed E-state index contributed by atoms with van der Waals surface area (Å²) in [5.74, 6) is -0.907. The molecule has 0 aliphatic carbocycles. The Hall–Kier alpha value is -0.697. The van der Waals surface area contributed by atoms with E-state index in [-0.39, 0.29) is 18.3 Å². The molecule has 1 rings (SSSR count). The summed E-state index contributed by atoms with van der Waals surface area (Å²) in [4.78, 5) is 20.0. The molecule has 9 heavy (non-hydrogen) atoms. The van der Waals surface area contributed by atoms with Crippen LogP contribution in [0.3, 0.4) is 0 Å². The minimum absolute atomic E-state index is 0.125. The van der Waals surface area contributed by atoms with E-state index in [9.17, 15) is 9.59 Å². The number of imide groups is 1. The summed E-state index contributed by atoms with van der Waals surface area (Å²) in [6.45, 7) is 0. The number of amides is 2. The van der Waals surface area contributed by atoms with Crippen molar-refractivity contribution in [2.24, 2.45) is 0 Å². The van der Waals surface area contributed by atoms with Crippen molar-refractivity contribution in [1.29, 1.82) is 0 Å². The SMILES string of the molecule is O=C1C=CC(=O)[N-]1.[O]=[Zn]. The maximum absolute atomic E-state index is 9.98. The Morgan fingerprint density at radius 2 is 1.44 bits per heavy atom. The van der Waals surface area contributed by atoms with Crippen LogP contribution in [-0.4, -0.2) is 11.8 Å². The monoisotopic (exact) mass is 176 g/mol. The molecule has 44 valence electrons. The first kappa shape index (κ1) is 8.30. The Balaban J connectivity index is 0.000000291. The number of rotatable bonds is 0. The zero-order valence-electron chi connectivity index (χ0n) is 4.53. The summed E-state index contributed by atoms with van der Waals surface area (Å²) in [5.41, 5.74) is 0. The standard InChI is InChI=1S/C4H3NO2.O.Zn/c6-3-1-2-4(7)5-3;;/h1-2H,(H,5,6,7);;/p-1. The quantitative estimate of drug-likeness (QED) is 0.382. The number of hydrogen-bond donors (Lipinski definition) is 0. The molecule has 1 aliphatic heterocycles. The van der Waals surface area contributed by atoms with Gasteiger partial charge < -0.3 is 14.9 Å². The molecule has 1 heterocycles. The maximum atomic E-state index is 9.98. The molecular formula is C4H2NO3Zn-. The molecule has 0 radical (unpaired) electrons. The minimum atomic E-state index is -0.454. The number of carbonyl (C=O) groups excluding carboxylic acids is 2. The van der Waals surface area contributed by atoms with Crippen LogP contribution >= 0.6 is 0 Å². The fourth-order valence-electron chi connectivity index (χ4n) is 0.326. The summed E-state index contributed by atoms with van der Waals surface area (Å²) in [6.07, 6.45) is 2.28. The van der Waals surface area contributed by atoms with E-state index < -0.39 is 11.8 Å². The Bertz CT molecular complexity index is 149. The summed E-state index contributed by atoms with van der Waals surface area (Å²) >= 11 is 0.125. The number of carbonyl (C=O) groups is 2. The predicted molar refractivity (Wildman–Crippen MR) is 23.2 cm³/mol. The van der Waals surface area contributed by atoms with Gasteiger partial charge in [-0.25, -0.2) is 0 Å². The van der Waals surface area contributed by atoms with Crippen LogP contribution in [0.1, 0.15) is 0 Å². The topological polar surface area (TPSA) is 65.3 Å². The van der Waals surface area contributed by atoms with E-state index in [4.69, 9.17) is 3.57 Å². The first-order valence-corrected chi connectivity index (χ1v) is 3.27. The molecule has 0 atom stereocenters. The van der Waals surface area contributed by atoms with Crippen molar-refractivity contribution in [2.45, 2.75) is 0 Å². The molecule has 0 N–H and O–H groups in total. The van der Waals surface area contributed by atoms with Gasteiger partial charge in [0.15, 0.2) is 0 Å². The van der Waals surface area contributed by atoms with Crippen LogP contribution in [0.5, 0.6) is 0 Å². The van der Waals surface area contributed by atoms with Crippen molar-refractivity contribution in [3.63, 3.8) is 0 Å². The van der Waals surface area contributed by atoms with E-state index in [1.165, 1.54) is 0 Å². The normalized spacial score (nSPS) is 14.4. The first-order valence-electron chi connectivity index (χ1n) is 2.05. The molecule has 5 heteroatoms. The summed E-state index contributed by atoms with van der Waals surface area (Å²) < 4.78 is 8.38. The molecule has 0 saturated carbocycles. The van der Waals surface area contributed by atoms with Gasteiger partial charge in [0, 0.05) is 0 Å². The van der Waals surface area contributed by atoms with Crippen LogP contribution in [0.4, 0.5) is 0 Å².